The molecular formula is C21H16Cl3NO6S. The van der Waals surface area contributed by atoms with E-state index in [1.54, 1.807) is 24.6 Å². The topological polar surface area (TPSA) is 87.0 Å². The highest BCUT2D eigenvalue weighted by atomic mass is 35.5. The number of aromatic nitrogens is 1. The van der Waals surface area contributed by atoms with Crippen LogP contribution >= 0.6 is 46.1 Å². The van der Waals surface area contributed by atoms with Crippen LogP contribution in [0.3, 0.4) is 0 Å². The average molecular weight is 517 g/mol. The van der Waals surface area contributed by atoms with Crippen LogP contribution < -0.4 is 14.9 Å². The van der Waals surface area contributed by atoms with E-state index in [1.165, 1.54) is 28.2 Å². The lowest BCUT2D eigenvalue weighted by molar-refractivity contribution is 0.0693. The van der Waals surface area contributed by atoms with E-state index in [4.69, 9.17) is 49.0 Å². The summed E-state index contributed by atoms with van der Waals surface area (Å²) in [6.45, 7) is 0.931. The molecule has 1 unspecified atom stereocenters. The van der Waals surface area contributed by atoms with Crippen LogP contribution in [-0.2, 0) is 4.74 Å². The molecule has 0 bridgehead atoms. The number of pyridine rings is 1. The van der Waals surface area contributed by atoms with Crippen molar-refractivity contribution < 1.29 is 24.1 Å². The number of rotatable bonds is 7. The molecule has 168 valence electrons. The van der Waals surface area contributed by atoms with E-state index in [-0.39, 0.29) is 5.02 Å². The lowest BCUT2D eigenvalue weighted by Crippen LogP contribution is -2.27. The summed E-state index contributed by atoms with van der Waals surface area (Å²) >= 11 is 20.1. The molecule has 1 aliphatic heterocycles. The van der Waals surface area contributed by atoms with Gasteiger partial charge in [0.2, 0.25) is 6.23 Å². The van der Waals surface area contributed by atoms with Crippen LogP contribution in [0.1, 0.15) is 28.6 Å². The van der Waals surface area contributed by atoms with Gasteiger partial charge in [0.15, 0.2) is 5.43 Å². The molecule has 3 aromatic rings. The van der Waals surface area contributed by atoms with Gasteiger partial charge in [-0.3, -0.25) is 4.79 Å². The summed E-state index contributed by atoms with van der Waals surface area (Å²) < 4.78 is 18.9. The van der Waals surface area contributed by atoms with Crippen LogP contribution in [0.5, 0.6) is 11.5 Å². The van der Waals surface area contributed by atoms with Crippen molar-refractivity contribution in [2.45, 2.75) is 12.6 Å². The molecule has 0 amide bonds. The smallest absolute Gasteiger partial charge is 0.341 e. The Kier molecular flexibility index (Phi) is 6.69. The first-order valence-corrected chi connectivity index (χ1v) is 11.4. The Morgan fingerprint density at radius 1 is 1.25 bits per heavy atom. The number of hydrogen-bond acceptors (Lipinski definition) is 6. The number of thiophene rings is 1. The van der Waals surface area contributed by atoms with Gasteiger partial charge in [-0.05, 0) is 6.07 Å². The van der Waals surface area contributed by atoms with Gasteiger partial charge in [0.25, 0.3) is 0 Å². The molecule has 1 aromatic carbocycles. The zero-order valence-corrected chi connectivity index (χ0v) is 19.6. The highest BCUT2D eigenvalue weighted by Crippen LogP contribution is 2.47. The zero-order valence-electron chi connectivity index (χ0n) is 16.6. The van der Waals surface area contributed by atoms with Gasteiger partial charge in [0.05, 0.1) is 22.3 Å². The Morgan fingerprint density at radius 2 is 2.03 bits per heavy atom. The normalized spacial score (nSPS) is 14.4. The largest absolute Gasteiger partial charge is 0.492 e. The summed E-state index contributed by atoms with van der Waals surface area (Å²) in [6.07, 6.45) is 1.06. The minimum absolute atomic E-state index is 0.289. The molecule has 0 radical (unpaired) electrons. The molecule has 4 rings (SSSR count). The van der Waals surface area contributed by atoms with E-state index in [0.29, 0.717) is 57.3 Å². The number of nitrogens with zero attached hydrogens (tertiary/aromatic N) is 1. The van der Waals surface area contributed by atoms with Crippen LogP contribution in [0.2, 0.25) is 14.4 Å². The Labute approximate surface area is 201 Å². The zero-order chi connectivity index (χ0) is 23.0. The van der Waals surface area contributed by atoms with Crippen molar-refractivity contribution in [2.75, 3.05) is 20.3 Å². The van der Waals surface area contributed by atoms with Crippen LogP contribution in [0.15, 0.2) is 34.6 Å². The maximum absolute atomic E-state index is 12.5. The van der Waals surface area contributed by atoms with Gasteiger partial charge in [-0.15, -0.1) is 11.3 Å². The summed E-state index contributed by atoms with van der Waals surface area (Å²) in [5.74, 6) is -0.531. The van der Waals surface area contributed by atoms with Gasteiger partial charge in [-0.25, -0.2) is 4.79 Å². The second-order valence-electron chi connectivity index (χ2n) is 6.87. The van der Waals surface area contributed by atoms with Gasteiger partial charge >= 0.3 is 5.97 Å². The molecule has 0 saturated heterocycles. The summed E-state index contributed by atoms with van der Waals surface area (Å²) in [6, 6.07) is 4.50. The Hall–Kier alpha value is -2.23. The minimum Gasteiger partial charge on any atom is -0.492 e. The fourth-order valence-corrected chi connectivity index (χ4v) is 4.83. The maximum Gasteiger partial charge on any atom is 0.341 e. The fraction of sp³-hybridized carbons (Fsp3) is 0.238. The van der Waals surface area contributed by atoms with E-state index >= 15 is 0 Å². The lowest BCUT2D eigenvalue weighted by atomic mass is 10.0. The van der Waals surface area contributed by atoms with Gasteiger partial charge in [0, 0.05) is 55.0 Å². The Balaban J connectivity index is 1.85. The number of aromatic carboxylic acids is 1. The number of carbonyl (C=O) groups is 1. The molecule has 0 spiro atoms. The summed E-state index contributed by atoms with van der Waals surface area (Å²) in [4.78, 5) is 24.0. The third-order valence-corrected chi connectivity index (χ3v) is 6.99. The number of halogens is 3. The van der Waals surface area contributed by atoms with Crippen LogP contribution in [0.25, 0.3) is 11.3 Å². The Bertz CT molecular complexity index is 1260. The predicted octanol–water partition coefficient (Wildman–Crippen LogP) is 5.59. The second-order valence-corrected chi connectivity index (χ2v) is 9.14. The third kappa shape index (κ3) is 4.21. The summed E-state index contributed by atoms with van der Waals surface area (Å²) in [5.41, 5.74) is 0.443. The number of ether oxygens (including phenoxy) is 3. The van der Waals surface area contributed by atoms with Crippen LogP contribution in [0.4, 0.5) is 0 Å². The van der Waals surface area contributed by atoms with Crippen molar-refractivity contribution in [1.82, 2.24) is 4.57 Å². The molecule has 7 nitrogen and oxygen atoms in total. The first kappa shape index (κ1) is 22.9. The van der Waals surface area contributed by atoms with Crippen LogP contribution in [0, 0.1) is 0 Å². The highest BCUT2D eigenvalue weighted by molar-refractivity contribution is 7.15. The Morgan fingerprint density at radius 3 is 2.69 bits per heavy atom. The van der Waals surface area contributed by atoms with Crippen molar-refractivity contribution in [3.05, 3.63) is 65.5 Å². The van der Waals surface area contributed by atoms with Crippen molar-refractivity contribution in [3.63, 3.8) is 0 Å². The molecule has 0 fully saturated rings. The molecule has 0 aliphatic carbocycles. The molecule has 11 heteroatoms. The molecule has 1 atom stereocenters. The summed E-state index contributed by atoms with van der Waals surface area (Å²) in [7, 11) is 1.61. The van der Waals surface area contributed by atoms with Crippen molar-refractivity contribution in [3.8, 4) is 22.8 Å². The van der Waals surface area contributed by atoms with Crippen molar-refractivity contribution in [2.24, 2.45) is 0 Å². The van der Waals surface area contributed by atoms with E-state index < -0.39 is 23.2 Å². The van der Waals surface area contributed by atoms with E-state index in [1.807, 2.05) is 0 Å². The number of benzene rings is 1. The van der Waals surface area contributed by atoms with Crippen LogP contribution in [-0.4, -0.2) is 36.0 Å². The standard InChI is InChI=1S/C21H16Cl3NO6S/c1-29-3-2-4-30-17-7-16-10(5-13(17)22)14-6-15(26)11(21(27)28)8-25(14)20(31-16)12-9-32-19(24)18(12)23/h5-9,20H,2-4H2,1H3,(H,27,28). The predicted molar refractivity (Wildman–Crippen MR) is 123 cm³/mol. The number of methoxy groups -OCH3 is 1. The van der Waals surface area contributed by atoms with Gasteiger partial charge in [-0.1, -0.05) is 34.8 Å². The second kappa shape index (κ2) is 9.33. The molecule has 3 heterocycles. The average Bonchev–Trinajstić information content (AvgIpc) is 3.09. The van der Waals surface area contributed by atoms with Crippen molar-refractivity contribution >= 4 is 52.1 Å². The first-order chi connectivity index (χ1) is 15.3. The monoisotopic (exact) mass is 515 g/mol. The minimum atomic E-state index is -1.35. The molecule has 32 heavy (non-hydrogen) atoms. The van der Waals surface area contributed by atoms with Crippen molar-refractivity contribution in [1.29, 1.82) is 0 Å². The maximum atomic E-state index is 12.5. The molecule has 1 aliphatic rings. The van der Waals surface area contributed by atoms with E-state index in [9.17, 15) is 14.7 Å². The van der Waals surface area contributed by atoms with Gasteiger partial charge in [-0.2, -0.15) is 0 Å². The summed E-state index contributed by atoms with van der Waals surface area (Å²) in [5, 5.41) is 11.8. The first-order valence-electron chi connectivity index (χ1n) is 9.36. The number of carboxylic acids is 1. The van der Waals surface area contributed by atoms with E-state index in [2.05, 4.69) is 0 Å². The van der Waals surface area contributed by atoms with Gasteiger partial charge in [0.1, 0.15) is 21.4 Å². The highest BCUT2D eigenvalue weighted by Gasteiger charge is 2.32. The number of hydrogen-bond donors (Lipinski definition) is 1. The SMILES string of the molecule is COCCCOc1cc2c(cc1Cl)-c1cc(=O)c(C(=O)O)cn1C(c1csc(Cl)c1Cl)O2. The molecular weight excluding hydrogens is 501 g/mol. The quantitative estimate of drug-likeness (QED) is 0.412. The lowest BCUT2D eigenvalue weighted by Gasteiger charge is -2.31. The molecule has 1 N–H and O–H groups in total. The molecule has 2 aromatic heterocycles. The number of fused-ring (bicyclic) bond motifs is 3. The van der Waals surface area contributed by atoms with Gasteiger partial charge < -0.3 is 23.9 Å². The third-order valence-electron chi connectivity index (χ3n) is 4.84. The van der Waals surface area contributed by atoms with E-state index in [0.717, 1.165) is 0 Å². The number of carboxylic acid groups (broad SMARTS) is 1. The molecule has 0 saturated carbocycles. The fourth-order valence-electron chi connectivity index (χ4n) is 3.34.